The van der Waals surface area contributed by atoms with Crippen LogP contribution in [-0.2, 0) is 19.2 Å². The maximum atomic E-state index is 10.7. The highest BCUT2D eigenvalue weighted by molar-refractivity contribution is 14.1. The van der Waals surface area contributed by atoms with E-state index in [-0.39, 0.29) is 12.6 Å². The van der Waals surface area contributed by atoms with Crippen LogP contribution in [0.1, 0.15) is 12.5 Å². The molecule has 1 aromatic rings. The lowest BCUT2D eigenvalue weighted by Gasteiger charge is -2.04. The quantitative estimate of drug-likeness (QED) is 0.482. The second-order valence-electron chi connectivity index (χ2n) is 2.85. The summed E-state index contributed by atoms with van der Waals surface area (Å²) in [5.41, 5.74) is 0.776. The van der Waals surface area contributed by atoms with E-state index in [0.717, 1.165) is 5.56 Å². The van der Waals surface area contributed by atoms with Gasteiger partial charge in [0.15, 0.2) is 23.0 Å². The van der Waals surface area contributed by atoms with E-state index in [1.807, 2.05) is 0 Å². The summed E-state index contributed by atoms with van der Waals surface area (Å²) in [5, 5.41) is 0. The van der Waals surface area contributed by atoms with E-state index in [2.05, 4.69) is 3.07 Å². The molecule has 0 spiro atoms. The summed E-state index contributed by atoms with van der Waals surface area (Å²) < 4.78 is 13.9. The van der Waals surface area contributed by atoms with Crippen molar-refractivity contribution in [3.05, 3.63) is 29.8 Å². The number of ether oxygens (including phenoxy) is 2. The van der Waals surface area contributed by atoms with Gasteiger partial charge in [0.2, 0.25) is 0 Å². The first-order valence-electron chi connectivity index (χ1n) is 4.34. The molecule has 0 fully saturated rings. The Balaban J connectivity index is 2.51. The predicted molar refractivity (Wildman–Crippen MR) is 63.0 cm³/mol. The van der Waals surface area contributed by atoms with Gasteiger partial charge < -0.3 is 12.5 Å². The fourth-order valence-corrected chi connectivity index (χ4v) is 1.11. The maximum Gasteiger partial charge on any atom is 0.518 e. The van der Waals surface area contributed by atoms with Gasteiger partial charge in [0, 0.05) is 6.92 Å². The van der Waals surface area contributed by atoms with Gasteiger partial charge in [-0.1, -0.05) is 12.1 Å². The molecule has 86 valence electrons. The Kier molecular flexibility index (Phi) is 5.03. The Morgan fingerprint density at radius 3 is 2.38 bits per heavy atom. The molecule has 16 heavy (non-hydrogen) atoms. The van der Waals surface area contributed by atoms with Crippen LogP contribution in [0.2, 0.25) is 0 Å². The van der Waals surface area contributed by atoms with E-state index >= 15 is 0 Å². The van der Waals surface area contributed by atoms with Crippen LogP contribution in [0, 0.1) is 0 Å². The second-order valence-corrected chi connectivity index (χ2v) is 3.29. The molecule has 0 aliphatic heterocycles. The van der Waals surface area contributed by atoms with Crippen molar-refractivity contribution in [2.45, 2.75) is 13.5 Å². The van der Waals surface area contributed by atoms with Gasteiger partial charge in [-0.3, -0.25) is 4.79 Å². The van der Waals surface area contributed by atoms with Crippen LogP contribution < -0.4 is 4.74 Å². The SMILES string of the molecule is CC(=O)Oc1ccc(COC(=O)OI)cc1. The lowest BCUT2D eigenvalue weighted by molar-refractivity contribution is -0.131. The first-order chi connectivity index (χ1) is 7.61. The van der Waals surface area contributed by atoms with Crippen LogP contribution >= 0.6 is 23.0 Å². The van der Waals surface area contributed by atoms with Crippen molar-refractivity contribution >= 4 is 35.1 Å². The molecule has 0 N–H and O–H groups in total. The Labute approximate surface area is 106 Å². The van der Waals surface area contributed by atoms with E-state index in [9.17, 15) is 9.59 Å². The molecule has 0 unspecified atom stereocenters. The largest absolute Gasteiger partial charge is 0.518 e. The normalized spacial score (nSPS) is 9.38. The molecule has 1 aromatic carbocycles. The Hall–Kier alpha value is -1.31. The lowest BCUT2D eigenvalue weighted by Crippen LogP contribution is -2.03. The highest BCUT2D eigenvalue weighted by atomic mass is 127. The summed E-state index contributed by atoms with van der Waals surface area (Å²) >= 11 is 1.44. The van der Waals surface area contributed by atoms with Crippen molar-refractivity contribution in [3.63, 3.8) is 0 Å². The van der Waals surface area contributed by atoms with E-state index in [4.69, 9.17) is 9.47 Å². The summed E-state index contributed by atoms with van der Waals surface area (Å²) in [6.45, 7) is 1.44. The number of hydrogen-bond acceptors (Lipinski definition) is 5. The maximum absolute atomic E-state index is 10.7. The zero-order valence-electron chi connectivity index (χ0n) is 8.44. The zero-order valence-corrected chi connectivity index (χ0v) is 10.6. The molecule has 0 amide bonds. The minimum absolute atomic E-state index is 0.113. The summed E-state index contributed by atoms with van der Waals surface area (Å²) in [4.78, 5) is 21.3. The molecular formula is C10H9IO5. The Morgan fingerprint density at radius 2 is 1.88 bits per heavy atom. The summed E-state index contributed by atoms with van der Waals surface area (Å²) in [6.07, 6.45) is -0.746. The smallest absolute Gasteiger partial charge is 0.429 e. The van der Waals surface area contributed by atoms with E-state index in [1.165, 1.54) is 29.9 Å². The van der Waals surface area contributed by atoms with Crippen LogP contribution in [0.5, 0.6) is 5.75 Å². The van der Waals surface area contributed by atoms with E-state index < -0.39 is 6.16 Å². The van der Waals surface area contributed by atoms with Gasteiger partial charge in [-0.05, 0) is 17.7 Å². The van der Waals surface area contributed by atoms with E-state index in [0.29, 0.717) is 5.75 Å². The summed E-state index contributed by atoms with van der Waals surface area (Å²) in [5.74, 6) is 0.0743. The molecule has 5 nitrogen and oxygen atoms in total. The van der Waals surface area contributed by atoms with Crippen molar-refractivity contribution in [1.29, 1.82) is 0 Å². The third-order valence-corrected chi connectivity index (χ3v) is 1.96. The van der Waals surface area contributed by atoms with Crippen molar-refractivity contribution in [2.75, 3.05) is 0 Å². The second kappa shape index (κ2) is 6.31. The molecule has 0 aliphatic rings. The zero-order chi connectivity index (χ0) is 12.0. The Bertz CT molecular complexity index is 373. The van der Waals surface area contributed by atoms with Crippen molar-refractivity contribution < 1.29 is 22.1 Å². The van der Waals surface area contributed by atoms with Crippen LogP contribution in [0.25, 0.3) is 0 Å². The van der Waals surface area contributed by atoms with Gasteiger partial charge in [-0.2, -0.15) is 0 Å². The molecule has 0 saturated carbocycles. The topological polar surface area (TPSA) is 61.8 Å². The molecular weight excluding hydrogens is 327 g/mol. The third-order valence-electron chi connectivity index (χ3n) is 1.60. The van der Waals surface area contributed by atoms with Crippen molar-refractivity contribution in [3.8, 4) is 5.75 Å². The van der Waals surface area contributed by atoms with Gasteiger partial charge in [-0.25, -0.2) is 4.79 Å². The van der Waals surface area contributed by atoms with Gasteiger partial charge in [0.25, 0.3) is 0 Å². The number of carbonyl (C=O) groups is 2. The fraction of sp³-hybridized carbons (Fsp3) is 0.200. The fourth-order valence-electron chi connectivity index (χ4n) is 0.984. The van der Waals surface area contributed by atoms with E-state index in [1.54, 1.807) is 24.3 Å². The number of esters is 1. The molecule has 6 heteroatoms. The van der Waals surface area contributed by atoms with Crippen LogP contribution in [-0.4, -0.2) is 12.1 Å². The average molecular weight is 336 g/mol. The van der Waals surface area contributed by atoms with Crippen LogP contribution in [0.4, 0.5) is 4.79 Å². The van der Waals surface area contributed by atoms with Crippen LogP contribution in [0.3, 0.4) is 0 Å². The average Bonchev–Trinajstić information content (AvgIpc) is 2.27. The molecule has 0 saturated heterocycles. The number of rotatable bonds is 3. The van der Waals surface area contributed by atoms with Gasteiger partial charge in [0.05, 0.1) is 0 Å². The number of hydrogen-bond donors (Lipinski definition) is 0. The predicted octanol–water partition coefficient (Wildman–Crippen LogP) is 2.62. The molecule has 0 bridgehead atoms. The molecule has 0 radical (unpaired) electrons. The molecule has 0 atom stereocenters. The third kappa shape index (κ3) is 4.47. The first kappa shape index (κ1) is 12.8. The van der Waals surface area contributed by atoms with Gasteiger partial charge in [-0.15, -0.1) is 0 Å². The summed E-state index contributed by atoms with van der Waals surface area (Å²) in [6, 6.07) is 6.63. The van der Waals surface area contributed by atoms with Gasteiger partial charge in [0.1, 0.15) is 12.4 Å². The first-order valence-corrected chi connectivity index (χ1v) is 5.22. The lowest BCUT2D eigenvalue weighted by atomic mass is 10.2. The highest BCUT2D eigenvalue weighted by Gasteiger charge is 2.03. The van der Waals surface area contributed by atoms with Gasteiger partial charge >= 0.3 is 12.1 Å². The molecule has 0 aromatic heterocycles. The van der Waals surface area contributed by atoms with Crippen LogP contribution in [0.15, 0.2) is 24.3 Å². The Morgan fingerprint density at radius 1 is 1.25 bits per heavy atom. The number of carbonyl (C=O) groups excluding carboxylic acids is 2. The standard InChI is InChI=1S/C10H9IO5/c1-7(12)15-9-4-2-8(3-5-9)6-14-10(13)16-11/h2-5H,6H2,1H3. The van der Waals surface area contributed by atoms with Crippen molar-refractivity contribution in [2.24, 2.45) is 0 Å². The minimum atomic E-state index is -0.746. The minimum Gasteiger partial charge on any atom is -0.429 e. The number of benzene rings is 1. The molecule has 0 aliphatic carbocycles. The molecule has 1 rings (SSSR count). The van der Waals surface area contributed by atoms with Crippen molar-refractivity contribution in [1.82, 2.24) is 0 Å². The highest BCUT2D eigenvalue weighted by Crippen LogP contribution is 2.13. The monoisotopic (exact) mass is 336 g/mol. The summed E-state index contributed by atoms with van der Waals surface area (Å²) in [7, 11) is 0. The molecule has 0 heterocycles. The number of halogens is 1.